The summed E-state index contributed by atoms with van der Waals surface area (Å²) in [4.78, 5) is 24.3. The van der Waals surface area contributed by atoms with Gasteiger partial charge in [-0.2, -0.15) is 13.2 Å². The van der Waals surface area contributed by atoms with E-state index in [1.54, 1.807) is 6.07 Å². The maximum absolute atomic E-state index is 13.4. The number of piperazine rings is 1. The number of nitrogens with zero attached hydrogens (tertiary/aromatic N) is 4. The van der Waals surface area contributed by atoms with Crippen LogP contribution in [0.5, 0.6) is 0 Å². The van der Waals surface area contributed by atoms with Crippen LogP contribution >= 0.6 is 0 Å². The van der Waals surface area contributed by atoms with Gasteiger partial charge in [0.05, 0.1) is 16.6 Å². The first-order valence-electron chi connectivity index (χ1n) is 11.7. The van der Waals surface area contributed by atoms with E-state index in [4.69, 9.17) is 4.98 Å². The Kier molecular flexibility index (Phi) is 5.83. The Morgan fingerprint density at radius 1 is 0.941 bits per heavy atom. The van der Waals surface area contributed by atoms with Crippen LogP contribution < -0.4 is 9.80 Å². The number of anilines is 2. The zero-order valence-electron chi connectivity index (χ0n) is 19.1. The van der Waals surface area contributed by atoms with Crippen LogP contribution in [0.15, 0.2) is 54.6 Å². The molecule has 5 rings (SSSR count). The van der Waals surface area contributed by atoms with Crippen LogP contribution in [0.4, 0.5) is 24.7 Å². The van der Waals surface area contributed by atoms with Crippen molar-refractivity contribution in [3.8, 4) is 0 Å². The number of carbonyl (C=O) groups is 1. The Balaban J connectivity index is 1.39. The fourth-order valence-electron chi connectivity index (χ4n) is 4.96. The summed E-state index contributed by atoms with van der Waals surface area (Å²) in [6.07, 6.45) is -2.33. The van der Waals surface area contributed by atoms with Crippen molar-refractivity contribution in [2.75, 3.05) is 42.5 Å². The number of halogens is 3. The normalized spacial score (nSPS) is 19.2. The molecule has 8 heteroatoms. The van der Waals surface area contributed by atoms with Crippen molar-refractivity contribution in [3.05, 3.63) is 65.7 Å². The summed E-state index contributed by atoms with van der Waals surface area (Å²) in [7, 11) is 0. The number of hydrogen-bond donors (Lipinski definition) is 0. The molecule has 2 fully saturated rings. The zero-order chi connectivity index (χ0) is 23.9. The number of para-hydroxylation sites is 1. The van der Waals surface area contributed by atoms with Gasteiger partial charge in [-0.15, -0.1) is 0 Å². The van der Waals surface area contributed by atoms with Crippen molar-refractivity contribution in [2.24, 2.45) is 0 Å². The van der Waals surface area contributed by atoms with Crippen LogP contribution in [-0.2, 0) is 6.18 Å². The van der Waals surface area contributed by atoms with E-state index >= 15 is 0 Å². The summed E-state index contributed by atoms with van der Waals surface area (Å²) >= 11 is 0. The number of hydrogen-bond acceptors (Lipinski definition) is 4. The molecule has 2 aromatic carbocycles. The van der Waals surface area contributed by atoms with E-state index in [0.29, 0.717) is 37.4 Å². The zero-order valence-corrected chi connectivity index (χ0v) is 19.1. The van der Waals surface area contributed by atoms with E-state index in [0.717, 1.165) is 42.2 Å². The van der Waals surface area contributed by atoms with Crippen molar-refractivity contribution < 1.29 is 18.0 Å². The van der Waals surface area contributed by atoms with Gasteiger partial charge in [-0.25, -0.2) is 4.98 Å². The molecule has 178 valence electrons. The Bertz CT molecular complexity index is 1200. The van der Waals surface area contributed by atoms with E-state index in [9.17, 15) is 18.0 Å². The molecule has 1 amide bonds. The molecule has 1 atom stereocenters. The van der Waals surface area contributed by atoms with Crippen molar-refractivity contribution in [2.45, 2.75) is 32.0 Å². The minimum absolute atomic E-state index is 0.0347. The molecule has 2 saturated heterocycles. The predicted molar refractivity (Wildman–Crippen MR) is 127 cm³/mol. The van der Waals surface area contributed by atoms with Gasteiger partial charge in [-0.05, 0) is 50.1 Å². The lowest BCUT2D eigenvalue weighted by molar-refractivity contribution is -0.137. The molecule has 0 aliphatic carbocycles. The molecular formula is C26H27F3N4O. The molecule has 0 radical (unpaired) electrons. The number of benzene rings is 2. The van der Waals surface area contributed by atoms with Gasteiger partial charge in [-0.3, -0.25) is 4.79 Å². The average molecular weight is 469 g/mol. The molecule has 0 saturated carbocycles. The smallest absolute Gasteiger partial charge is 0.368 e. The molecule has 1 aromatic heterocycles. The highest BCUT2D eigenvalue weighted by atomic mass is 19.4. The highest BCUT2D eigenvalue weighted by Crippen LogP contribution is 2.32. The Morgan fingerprint density at radius 2 is 1.68 bits per heavy atom. The lowest BCUT2D eigenvalue weighted by Crippen LogP contribution is -2.47. The number of likely N-dealkylation sites (tertiary alicyclic amines) is 1. The quantitative estimate of drug-likeness (QED) is 0.530. The van der Waals surface area contributed by atoms with Crippen LogP contribution in [0.1, 0.15) is 35.7 Å². The van der Waals surface area contributed by atoms with Crippen molar-refractivity contribution in [1.29, 1.82) is 0 Å². The third kappa shape index (κ3) is 4.29. The molecule has 5 nitrogen and oxygen atoms in total. The monoisotopic (exact) mass is 468 g/mol. The highest BCUT2D eigenvalue weighted by Gasteiger charge is 2.32. The number of carbonyl (C=O) groups excluding carboxylic acids is 1. The van der Waals surface area contributed by atoms with Gasteiger partial charge in [0.25, 0.3) is 5.91 Å². The number of fused-ring (bicyclic) bond motifs is 1. The number of pyridine rings is 1. The van der Waals surface area contributed by atoms with Crippen LogP contribution in [-0.4, -0.2) is 54.6 Å². The van der Waals surface area contributed by atoms with Gasteiger partial charge in [0.15, 0.2) is 0 Å². The van der Waals surface area contributed by atoms with Gasteiger partial charge in [-0.1, -0.05) is 24.3 Å². The largest absolute Gasteiger partial charge is 0.416 e. The van der Waals surface area contributed by atoms with Crippen molar-refractivity contribution >= 4 is 28.3 Å². The fourth-order valence-corrected chi connectivity index (χ4v) is 4.96. The molecule has 0 bridgehead atoms. The first-order chi connectivity index (χ1) is 16.3. The Labute approximate surface area is 196 Å². The standard InChI is InChI=1S/C26H27F3N4O/c1-18-6-5-11-33(18)25(34)22-17-24(30-23-10-3-2-9-21(22)23)32-14-12-31(13-15-32)20-8-4-7-19(16-20)26(27,28)29/h2-4,7-10,16-18H,5-6,11-15H2,1H3. The van der Waals surface area contributed by atoms with Gasteiger partial charge >= 0.3 is 6.18 Å². The summed E-state index contributed by atoms with van der Waals surface area (Å²) in [5.41, 5.74) is 1.37. The SMILES string of the molecule is CC1CCCN1C(=O)c1cc(N2CCN(c3cccc(C(F)(F)F)c3)CC2)nc2ccccc12. The maximum atomic E-state index is 13.4. The topological polar surface area (TPSA) is 39.7 Å². The predicted octanol–water partition coefficient (Wildman–Crippen LogP) is 5.20. The van der Waals surface area contributed by atoms with Crippen molar-refractivity contribution in [1.82, 2.24) is 9.88 Å². The number of rotatable bonds is 3. The van der Waals surface area contributed by atoms with Crippen LogP contribution in [0.3, 0.4) is 0 Å². The second-order valence-corrected chi connectivity index (χ2v) is 9.06. The minimum Gasteiger partial charge on any atom is -0.368 e. The number of alkyl halides is 3. The lowest BCUT2D eigenvalue weighted by atomic mass is 10.1. The van der Waals surface area contributed by atoms with E-state index in [2.05, 4.69) is 11.8 Å². The summed E-state index contributed by atoms with van der Waals surface area (Å²) in [5.74, 6) is 0.769. The summed E-state index contributed by atoms with van der Waals surface area (Å²) < 4.78 is 39.4. The van der Waals surface area contributed by atoms with Gasteiger partial charge < -0.3 is 14.7 Å². The van der Waals surface area contributed by atoms with Crippen LogP contribution in [0, 0.1) is 0 Å². The Hall–Kier alpha value is -3.29. The first-order valence-corrected chi connectivity index (χ1v) is 11.7. The van der Waals surface area contributed by atoms with Crippen LogP contribution in [0.25, 0.3) is 10.9 Å². The lowest BCUT2D eigenvalue weighted by Gasteiger charge is -2.37. The molecule has 0 N–H and O–H groups in total. The molecule has 34 heavy (non-hydrogen) atoms. The maximum Gasteiger partial charge on any atom is 0.416 e. The summed E-state index contributed by atoms with van der Waals surface area (Å²) in [6, 6.07) is 15.3. The van der Waals surface area contributed by atoms with Gasteiger partial charge in [0.1, 0.15) is 5.82 Å². The van der Waals surface area contributed by atoms with E-state index in [-0.39, 0.29) is 11.9 Å². The average Bonchev–Trinajstić information content (AvgIpc) is 3.28. The molecule has 1 unspecified atom stereocenters. The second-order valence-electron chi connectivity index (χ2n) is 9.06. The van der Waals surface area contributed by atoms with Crippen LogP contribution in [0.2, 0.25) is 0 Å². The molecule has 3 aromatic rings. The third-order valence-electron chi connectivity index (χ3n) is 6.89. The molecule has 2 aliphatic heterocycles. The highest BCUT2D eigenvalue weighted by molar-refractivity contribution is 6.07. The summed E-state index contributed by atoms with van der Waals surface area (Å²) in [6.45, 7) is 5.21. The third-order valence-corrected chi connectivity index (χ3v) is 6.89. The first kappa shape index (κ1) is 22.5. The number of aromatic nitrogens is 1. The summed E-state index contributed by atoms with van der Waals surface area (Å²) in [5, 5.41) is 0.845. The van der Waals surface area contributed by atoms with E-state index < -0.39 is 11.7 Å². The molecule has 0 spiro atoms. The van der Waals surface area contributed by atoms with Crippen molar-refractivity contribution in [3.63, 3.8) is 0 Å². The number of amides is 1. The van der Waals surface area contributed by atoms with E-state index in [1.165, 1.54) is 12.1 Å². The second kappa shape index (κ2) is 8.81. The molecule has 3 heterocycles. The van der Waals surface area contributed by atoms with Gasteiger partial charge in [0.2, 0.25) is 0 Å². The molecule has 2 aliphatic rings. The van der Waals surface area contributed by atoms with Gasteiger partial charge in [0, 0.05) is 49.8 Å². The van der Waals surface area contributed by atoms with E-state index in [1.807, 2.05) is 40.1 Å². The minimum atomic E-state index is -4.36. The Morgan fingerprint density at radius 3 is 2.38 bits per heavy atom. The fraction of sp³-hybridized carbons (Fsp3) is 0.385. The molecular weight excluding hydrogens is 441 g/mol.